The summed E-state index contributed by atoms with van der Waals surface area (Å²) in [5.74, 6) is 0. The quantitative estimate of drug-likeness (QED) is 0.722. The molecule has 1 unspecified atom stereocenters. The second kappa shape index (κ2) is 4.95. The molecule has 1 aromatic heterocycles. The minimum absolute atomic E-state index is 0.608. The van der Waals surface area contributed by atoms with Gasteiger partial charge in [0.25, 0.3) is 0 Å². The molecular formula is C16H12N2OS. The molecular weight excluding hydrogens is 268 g/mol. The molecule has 0 amide bonds. The summed E-state index contributed by atoms with van der Waals surface area (Å²) in [5, 5.41) is 9.82. The van der Waals surface area contributed by atoms with E-state index in [9.17, 15) is 4.21 Å². The number of fused-ring (bicyclic) bond motifs is 1. The third kappa shape index (κ3) is 2.13. The van der Waals surface area contributed by atoms with Crippen molar-refractivity contribution >= 4 is 21.9 Å². The van der Waals surface area contributed by atoms with Gasteiger partial charge in [0.1, 0.15) is 0 Å². The molecule has 0 spiro atoms. The molecule has 3 nitrogen and oxygen atoms in total. The number of benzene rings is 2. The Bertz CT molecular complexity index is 841. The van der Waals surface area contributed by atoms with E-state index in [1.807, 2.05) is 43.3 Å². The Morgan fingerprint density at radius 2 is 1.85 bits per heavy atom. The minimum Gasteiger partial charge on any atom is -0.263 e. The van der Waals surface area contributed by atoms with Crippen LogP contribution in [-0.2, 0) is 11.0 Å². The lowest BCUT2D eigenvalue weighted by atomic mass is 10.2. The van der Waals surface area contributed by atoms with Crippen molar-refractivity contribution in [1.82, 2.24) is 3.97 Å². The Morgan fingerprint density at radius 1 is 1.10 bits per heavy atom. The second-order valence-electron chi connectivity index (χ2n) is 4.59. The zero-order valence-electron chi connectivity index (χ0n) is 10.9. The molecule has 0 aliphatic carbocycles. The first kappa shape index (κ1) is 12.6. The lowest BCUT2D eigenvalue weighted by molar-refractivity contribution is 0.678. The highest BCUT2D eigenvalue weighted by atomic mass is 32.2. The van der Waals surface area contributed by atoms with Gasteiger partial charge in [0.2, 0.25) is 0 Å². The fourth-order valence-corrected chi connectivity index (χ4v) is 3.21. The second-order valence-corrected chi connectivity index (χ2v) is 5.95. The van der Waals surface area contributed by atoms with Crippen molar-refractivity contribution < 1.29 is 4.21 Å². The summed E-state index contributed by atoms with van der Waals surface area (Å²) < 4.78 is 14.3. The molecule has 4 heteroatoms. The van der Waals surface area contributed by atoms with Gasteiger partial charge in [-0.05, 0) is 43.3 Å². The van der Waals surface area contributed by atoms with Gasteiger partial charge in [-0.25, -0.2) is 4.21 Å². The standard InChI is InChI=1S/C16H12N2OS/c1-12-2-5-15(6-3-12)20(19)18-9-8-14-10-13(11-17)4-7-16(14)18/h2-10H,1H3. The molecule has 0 saturated heterocycles. The summed E-state index contributed by atoms with van der Waals surface area (Å²) in [7, 11) is -1.27. The van der Waals surface area contributed by atoms with Crippen LogP contribution in [0.25, 0.3) is 10.9 Å². The van der Waals surface area contributed by atoms with Gasteiger partial charge >= 0.3 is 0 Å². The summed E-state index contributed by atoms with van der Waals surface area (Å²) in [6.45, 7) is 2.00. The topological polar surface area (TPSA) is 45.8 Å². The number of rotatable bonds is 2. The van der Waals surface area contributed by atoms with Gasteiger partial charge in [-0.1, -0.05) is 17.7 Å². The molecule has 2 aromatic carbocycles. The number of hydrogen-bond acceptors (Lipinski definition) is 2. The van der Waals surface area contributed by atoms with E-state index in [0.717, 1.165) is 21.4 Å². The maximum atomic E-state index is 12.6. The van der Waals surface area contributed by atoms with Crippen LogP contribution in [0.15, 0.2) is 59.6 Å². The van der Waals surface area contributed by atoms with E-state index in [4.69, 9.17) is 5.26 Å². The average molecular weight is 280 g/mol. The lowest BCUT2D eigenvalue weighted by Gasteiger charge is -2.05. The Hall–Kier alpha value is -2.38. The molecule has 1 heterocycles. The molecule has 0 radical (unpaired) electrons. The molecule has 3 aromatic rings. The van der Waals surface area contributed by atoms with Crippen LogP contribution in [0.3, 0.4) is 0 Å². The van der Waals surface area contributed by atoms with Crippen molar-refractivity contribution in [3.8, 4) is 6.07 Å². The number of nitrogens with zero attached hydrogens (tertiary/aromatic N) is 2. The molecule has 0 aliphatic rings. The van der Waals surface area contributed by atoms with Gasteiger partial charge < -0.3 is 0 Å². The molecule has 3 rings (SSSR count). The molecule has 0 bridgehead atoms. The predicted molar refractivity (Wildman–Crippen MR) is 79.6 cm³/mol. The molecule has 20 heavy (non-hydrogen) atoms. The highest BCUT2D eigenvalue weighted by Crippen LogP contribution is 2.21. The lowest BCUT2D eigenvalue weighted by Crippen LogP contribution is -2.03. The summed E-state index contributed by atoms with van der Waals surface area (Å²) >= 11 is 0. The van der Waals surface area contributed by atoms with Crippen LogP contribution in [-0.4, -0.2) is 8.18 Å². The fourth-order valence-electron chi connectivity index (χ4n) is 2.10. The summed E-state index contributed by atoms with van der Waals surface area (Å²) in [6.07, 6.45) is 1.79. The predicted octanol–water partition coefficient (Wildman–Crippen LogP) is 3.39. The van der Waals surface area contributed by atoms with Crippen molar-refractivity contribution in [1.29, 1.82) is 5.26 Å². The van der Waals surface area contributed by atoms with E-state index in [-0.39, 0.29) is 0 Å². The zero-order valence-corrected chi connectivity index (χ0v) is 11.7. The smallest absolute Gasteiger partial charge is 0.157 e. The number of nitriles is 1. The van der Waals surface area contributed by atoms with E-state index in [1.54, 1.807) is 22.3 Å². The van der Waals surface area contributed by atoms with Gasteiger partial charge in [0.05, 0.1) is 22.0 Å². The maximum Gasteiger partial charge on any atom is 0.157 e. The van der Waals surface area contributed by atoms with Gasteiger partial charge in [0, 0.05) is 11.6 Å². The van der Waals surface area contributed by atoms with Crippen molar-refractivity contribution in [2.24, 2.45) is 0 Å². The van der Waals surface area contributed by atoms with Gasteiger partial charge in [0.15, 0.2) is 11.0 Å². The molecule has 1 atom stereocenters. The van der Waals surface area contributed by atoms with E-state index >= 15 is 0 Å². The molecule has 98 valence electrons. The van der Waals surface area contributed by atoms with Crippen molar-refractivity contribution in [2.75, 3.05) is 0 Å². The zero-order chi connectivity index (χ0) is 14.1. The molecule has 0 aliphatic heterocycles. The first-order valence-corrected chi connectivity index (χ1v) is 7.30. The first-order valence-electron chi connectivity index (χ1n) is 6.19. The number of aryl methyl sites for hydroxylation is 1. The Kier molecular flexibility index (Phi) is 3.13. The van der Waals surface area contributed by atoms with E-state index in [1.165, 1.54) is 0 Å². The Labute approximate surface area is 119 Å². The summed E-state index contributed by atoms with van der Waals surface area (Å²) in [5.41, 5.74) is 2.61. The van der Waals surface area contributed by atoms with Crippen LogP contribution in [0.1, 0.15) is 11.1 Å². The van der Waals surface area contributed by atoms with Crippen molar-refractivity contribution in [3.05, 3.63) is 65.9 Å². The van der Waals surface area contributed by atoms with Gasteiger partial charge in [-0.2, -0.15) is 5.26 Å². The average Bonchev–Trinajstić information content (AvgIpc) is 2.90. The third-order valence-corrected chi connectivity index (χ3v) is 4.54. The number of hydrogen-bond donors (Lipinski definition) is 0. The van der Waals surface area contributed by atoms with E-state index in [0.29, 0.717) is 5.56 Å². The highest BCUT2D eigenvalue weighted by molar-refractivity contribution is 7.83. The first-order chi connectivity index (χ1) is 9.69. The van der Waals surface area contributed by atoms with Crippen LogP contribution >= 0.6 is 0 Å². The van der Waals surface area contributed by atoms with Gasteiger partial charge in [-0.15, -0.1) is 0 Å². The van der Waals surface area contributed by atoms with Gasteiger partial charge in [-0.3, -0.25) is 3.97 Å². The molecule has 0 saturated carbocycles. The highest BCUT2D eigenvalue weighted by Gasteiger charge is 2.10. The van der Waals surface area contributed by atoms with E-state index < -0.39 is 11.0 Å². The van der Waals surface area contributed by atoms with Crippen molar-refractivity contribution in [2.45, 2.75) is 11.8 Å². The van der Waals surface area contributed by atoms with E-state index in [2.05, 4.69) is 6.07 Å². The largest absolute Gasteiger partial charge is 0.263 e. The number of aromatic nitrogens is 1. The Balaban J connectivity index is 2.08. The summed E-state index contributed by atoms with van der Waals surface area (Å²) in [4.78, 5) is 0.762. The van der Waals surface area contributed by atoms with Crippen LogP contribution in [0.4, 0.5) is 0 Å². The molecule has 0 N–H and O–H groups in total. The monoisotopic (exact) mass is 280 g/mol. The van der Waals surface area contributed by atoms with Crippen LogP contribution in [0, 0.1) is 18.3 Å². The summed E-state index contributed by atoms with van der Waals surface area (Å²) in [6, 6.07) is 17.0. The van der Waals surface area contributed by atoms with Crippen LogP contribution < -0.4 is 0 Å². The SMILES string of the molecule is Cc1ccc(S(=O)n2ccc3cc(C#N)ccc32)cc1. The van der Waals surface area contributed by atoms with Crippen LogP contribution in [0.2, 0.25) is 0 Å². The minimum atomic E-state index is -1.27. The fraction of sp³-hybridized carbons (Fsp3) is 0.0625. The molecule has 0 fully saturated rings. The van der Waals surface area contributed by atoms with Crippen molar-refractivity contribution in [3.63, 3.8) is 0 Å². The third-order valence-electron chi connectivity index (χ3n) is 3.18. The normalized spacial score (nSPS) is 12.2. The maximum absolute atomic E-state index is 12.6. The van der Waals surface area contributed by atoms with Crippen LogP contribution in [0.5, 0.6) is 0 Å². The Morgan fingerprint density at radius 3 is 2.55 bits per heavy atom.